The molecule has 3 fully saturated rings. The Kier molecular flexibility index (Phi) is 7.52. The molecule has 2 aromatic heterocycles. The molecule has 9 nitrogen and oxygen atoms in total. The Morgan fingerprint density at radius 3 is 2.34 bits per heavy atom. The quantitative estimate of drug-likeness (QED) is 0.305. The number of aromatic amines is 1. The molecular weight excluding hydrogens is 550 g/mol. The third kappa shape index (κ3) is 5.01. The number of imidazole rings is 1. The van der Waals surface area contributed by atoms with Gasteiger partial charge in [0.05, 0.1) is 11.0 Å². The predicted molar refractivity (Wildman–Crippen MR) is 173 cm³/mol. The van der Waals surface area contributed by atoms with Gasteiger partial charge >= 0.3 is 0 Å². The van der Waals surface area contributed by atoms with Crippen LogP contribution in [0.5, 0.6) is 0 Å². The van der Waals surface area contributed by atoms with Gasteiger partial charge in [0.25, 0.3) is 11.5 Å². The van der Waals surface area contributed by atoms with Crippen LogP contribution in [0.3, 0.4) is 0 Å². The molecule has 5 heterocycles. The minimum absolute atomic E-state index is 0.0121. The van der Waals surface area contributed by atoms with Crippen molar-refractivity contribution in [3.05, 3.63) is 87.6 Å². The van der Waals surface area contributed by atoms with E-state index in [9.17, 15) is 9.59 Å². The first-order valence-electron chi connectivity index (χ1n) is 16.2. The molecule has 7 rings (SSSR count). The van der Waals surface area contributed by atoms with Gasteiger partial charge < -0.3 is 14.8 Å². The molecule has 9 heteroatoms. The van der Waals surface area contributed by atoms with Crippen LogP contribution in [0.4, 0.5) is 5.95 Å². The van der Waals surface area contributed by atoms with E-state index >= 15 is 0 Å². The van der Waals surface area contributed by atoms with Crippen molar-refractivity contribution in [1.82, 2.24) is 29.3 Å². The lowest BCUT2D eigenvalue weighted by Crippen LogP contribution is -2.49. The molecule has 2 aromatic carbocycles. The molecule has 4 aromatic rings. The second kappa shape index (κ2) is 11.5. The molecule has 0 aliphatic carbocycles. The first-order chi connectivity index (χ1) is 21.4. The van der Waals surface area contributed by atoms with E-state index in [0.29, 0.717) is 42.7 Å². The average molecular weight is 594 g/mol. The van der Waals surface area contributed by atoms with Crippen LogP contribution < -0.4 is 10.9 Å². The van der Waals surface area contributed by atoms with E-state index in [1.165, 1.54) is 36.8 Å². The fourth-order valence-electron chi connectivity index (χ4n) is 8.41. The van der Waals surface area contributed by atoms with E-state index in [1.807, 2.05) is 4.90 Å². The van der Waals surface area contributed by atoms with Gasteiger partial charge in [0, 0.05) is 43.8 Å². The average Bonchev–Trinajstić information content (AvgIpc) is 3.51. The van der Waals surface area contributed by atoms with Crippen molar-refractivity contribution in [2.24, 2.45) is 0 Å². The summed E-state index contributed by atoms with van der Waals surface area (Å²) in [6.07, 6.45) is 7.77. The number of anilines is 1. The Labute approximate surface area is 258 Å². The van der Waals surface area contributed by atoms with Crippen molar-refractivity contribution in [3.63, 3.8) is 0 Å². The number of aryl methyl sites for hydroxylation is 1. The van der Waals surface area contributed by atoms with Gasteiger partial charge in [-0.3, -0.25) is 19.5 Å². The van der Waals surface area contributed by atoms with Crippen LogP contribution in [0.25, 0.3) is 11.0 Å². The highest BCUT2D eigenvalue weighted by molar-refractivity contribution is 5.94. The van der Waals surface area contributed by atoms with E-state index in [2.05, 4.69) is 86.3 Å². The number of carbonyl (C=O) groups excluding carboxylic acids is 1. The van der Waals surface area contributed by atoms with Crippen LogP contribution in [-0.4, -0.2) is 74.0 Å². The third-order valence-corrected chi connectivity index (χ3v) is 10.8. The van der Waals surface area contributed by atoms with E-state index in [4.69, 9.17) is 4.98 Å². The number of hydrogen-bond donors (Lipinski definition) is 2. The maximum atomic E-state index is 13.6. The van der Waals surface area contributed by atoms with Crippen molar-refractivity contribution in [2.45, 2.75) is 82.3 Å². The van der Waals surface area contributed by atoms with E-state index < -0.39 is 0 Å². The summed E-state index contributed by atoms with van der Waals surface area (Å²) in [6, 6.07) is 21.2. The molecule has 2 N–H and O–H groups in total. The normalized spacial score (nSPS) is 23.2. The van der Waals surface area contributed by atoms with Crippen molar-refractivity contribution >= 4 is 22.9 Å². The molecule has 0 spiro atoms. The standard InChI is InChI=1S/C35H43N7O2/c1-23-31(38-34(36-3)39-32(23)43)33(44)40-18-15-35(16-19-40,25-9-5-4-6-10-25)17-20-41-26-13-14-27(41)22-28(21-26)42-24(2)37-29-11-7-8-12-30(29)42/h4-12,26-28H,13-22H2,1-3H3,(H2,36,38,39,43)/t26-,27+,28?. The minimum Gasteiger partial charge on any atom is -0.359 e. The van der Waals surface area contributed by atoms with Crippen molar-refractivity contribution in [2.75, 3.05) is 32.0 Å². The fourth-order valence-corrected chi connectivity index (χ4v) is 8.41. The van der Waals surface area contributed by atoms with Crippen molar-refractivity contribution in [1.29, 1.82) is 0 Å². The molecule has 0 saturated carbocycles. The summed E-state index contributed by atoms with van der Waals surface area (Å²) in [5.41, 5.74) is 4.08. The second-order valence-corrected chi connectivity index (χ2v) is 13.1. The van der Waals surface area contributed by atoms with Gasteiger partial charge in [-0.05, 0) is 88.4 Å². The topological polar surface area (TPSA) is 99.2 Å². The number of carbonyl (C=O) groups is 1. The number of nitrogens with one attached hydrogen (secondary N) is 2. The number of amides is 1. The van der Waals surface area contributed by atoms with Crippen LogP contribution in [-0.2, 0) is 5.41 Å². The summed E-state index contributed by atoms with van der Waals surface area (Å²) >= 11 is 0. The van der Waals surface area contributed by atoms with Gasteiger partial charge in [0.15, 0.2) is 0 Å². The lowest BCUT2D eigenvalue weighted by Gasteiger charge is -2.45. The minimum atomic E-state index is -0.280. The molecule has 0 radical (unpaired) electrons. The SMILES string of the molecule is CNc1nc(C(=O)N2CCC(CCN3[C@@H]4CC[C@H]3CC(n3c(C)nc5ccccc53)C4)(c3ccccc3)CC2)c(C)c(=O)[nH]1. The molecule has 1 unspecified atom stereocenters. The number of fused-ring (bicyclic) bond motifs is 3. The van der Waals surface area contributed by atoms with Crippen LogP contribution in [0.1, 0.15) is 78.4 Å². The van der Waals surface area contributed by atoms with Gasteiger partial charge in [-0.25, -0.2) is 9.97 Å². The molecule has 1 amide bonds. The van der Waals surface area contributed by atoms with Crippen molar-refractivity contribution in [3.8, 4) is 0 Å². The largest absolute Gasteiger partial charge is 0.359 e. The molecule has 3 aliphatic rings. The molecule has 3 aliphatic heterocycles. The van der Waals surface area contributed by atoms with Gasteiger partial charge in [0.1, 0.15) is 11.5 Å². The predicted octanol–water partition coefficient (Wildman–Crippen LogP) is 5.21. The fraction of sp³-hybridized carbons (Fsp3) is 0.486. The third-order valence-electron chi connectivity index (χ3n) is 10.8. The number of likely N-dealkylation sites (tertiary alicyclic amines) is 1. The number of rotatable bonds is 7. The second-order valence-electron chi connectivity index (χ2n) is 13.1. The summed E-state index contributed by atoms with van der Waals surface area (Å²) < 4.78 is 2.51. The molecule has 3 atom stereocenters. The van der Waals surface area contributed by atoms with Gasteiger partial charge in [-0.1, -0.05) is 42.5 Å². The monoisotopic (exact) mass is 593 g/mol. The lowest BCUT2D eigenvalue weighted by atomic mass is 9.70. The van der Waals surface area contributed by atoms with Gasteiger partial charge in [0.2, 0.25) is 5.95 Å². The van der Waals surface area contributed by atoms with E-state index in [1.54, 1.807) is 14.0 Å². The zero-order valence-corrected chi connectivity index (χ0v) is 26.1. The number of nitrogens with zero attached hydrogens (tertiary/aromatic N) is 5. The molecule has 44 heavy (non-hydrogen) atoms. The van der Waals surface area contributed by atoms with E-state index in [-0.39, 0.29) is 22.6 Å². The van der Waals surface area contributed by atoms with E-state index in [0.717, 1.165) is 37.1 Å². The summed E-state index contributed by atoms with van der Waals surface area (Å²) in [7, 11) is 1.69. The number of para-hydroxylation sites is 2. The molecule has 3 saturated heterocycles. The smallest absolute Gasteiger partial charge is 0.273 e. The molecular formula is C35H43N7O2. The molecule has 230 valence electrons. The number of H-pyrrole nitrogens is 1. The highest BCUT2D eigenvalue weighted by atomic mass is 16.2. The number of piperidine rings is 2. The highest BCUT2D eigenvalue weighted by Crippen LogP contribution is 2.45. The van der Waals surface area contributed by atoms with Crippen LogP contribution in [0.15, 0.2) is 59.4 Å². The maximum absolute atomic E-state index is 13.6. The Bertz CT molecular complexity index is 1710. The van der Waals surface area contributed by atoms with Gasteiger partial charge in [-0.15, -0.1) is 0 Å². The zero-order chi connectivity index (χ0) is 30.4. The van der Waals surface area contributed by atoms with Crippen LogP contribution >= 0.6 is 0 Å². The summed E-state index contributed by atoms with van der Waals surface area (Å²) in [5, 5.41) is 2.86. The lowest BCUT2D eigenvalue weighted by molar-refractivity contribution is 0.0601. The summed E-state index contributed by atoms with van der Waals surface area (Å²) in [5.74, 6) is 1.28. The van der Waals surface area contributed by atoms with Crippen molar-refractivity contribution < 1.29 is 4.79 Å². The zero-order valence-electron chi connectivity index (χ0n) is 26.1. The van der Waals surface area contributed by atoms with Crippen LogP contribution in [0.2, 0.25) is 0 Å². The number of aromatic nitrogens is 4. The summed E-state index contributed by atoms with van der Waals surface area (Å²) in [6.45, 7) is 6.21. The summed E-state index contributed by atoms with van der Waals surface area (Å²) in [4.78, 5) is 42.7. The van der Waals surface area contributed by atoms with Crippen LogP contribution in [0, 0.1) is 13.8 Å². The Hall–Kier alpha value is -3.98. The number of benzene rings is 2. The first kappa shape index (κ1) is 28.8. The Morgan fingerprint density at radius 2 is 1.64 bits per heavy atom. The highest BCUT2D eigenvalue weighted by Gasteiger charge is 2.44. The van der Waals surface area contributed by atoms with Gasteiger partial charge in [-0.2, -0.15) is 0 Å². The Balaban J connectivity index is 1.07. The first-order valence-corrected chi connectivity index (χ1v) is 16.2. The maximum Gasteiger partial charge on any atom is 0.273 e. The number of hydrogen-bond acceptors (Lipinski definition) is 6. The Morgan fingerprint density at radius 1 is 0.955 bits per heavy atom. The molecule has 2 bridgehead atoms.